The van der Waals surface area contributed by atoms with E-state index in [4.69, 9.17) is 11.6 Å². The van der Waals surface area contributed by atoms with Crippen LogP contribution in [0.5, 0.6) is 0 Å². The van der Waals surface area contributed by atoms with Gasteiger partial charge in [-0.1, -0.05) is 11.6 Å². The van der Waals surface area contributed by atoms with Crippen LogP contribution in [0.4, 0.5) is 0 Å². The first kappa shape index (κ1) is 10.4. The van der Waals surface area contributed by atoms with Gasteiger partial charge in [0, 0.05) is 16.8 Å². The van der Waals surface area contributed by atoms with Gasteiger partial charge in [-0.25, -0.2) is 4.68 Å². The van der Waals surface area contributed by atoms with E-state index in [1.54, 1.807) is 35.3 Å². The summed E-state index contributed by atoms with van der Waals surface area (Å²) in [6.45, 7) is 0. The van der Waals surface area contributed by atoms with Crippen LogP contribution < -0.4 is 0 Å². The third kappa shape index (κ3) is 2.11. The van der Waals surface area contributed by atoms with Gasteiger partial charge >= 0.3 is 0 Å². The fourth-order valence-corrected chi connectivity index (χ4v) is 1.73. The van der Waals surface area contributed by atoms with Crippen LogP contribution in [0, 0.1) is 0 Å². The lowest BCUT2D eigenvalue weighted by atomic mass is 10.2. The van der Waals surface area contributed by atoms with Crippen molar-refractivity contribution in [2.24, 2.45) is 0 Å². The van der Waals surface area contributed by atoms with Crippen molar-refractivity contribution in [3.8, 4) is 5.69 Å². The van der Waals surface area contributed by atoms with E-state index in [9.17, 15) is 4.79 Å². The Bertz CT molecular complexity index is 510. The summed E-state index contributed by atoms with van der Waals surface area (Å²) in [4.78, 5) is 10.8. The van der Waals surface area contributed by atoms with Gasteiger partial charge < -0.3 is 0 Å². The fraction of sp³-hybridized carbons (Fsp3) is 0. The van der Waals surface area contributed by atoms with Crippen LogP contribution in [0.15, 0.2) is 35.1 Å². The average Bonchev–Trinajstić information content (AvgIpc) is 2.64. The normalized spacial score (nSPS) is 10.3. The van der Waals surface area contributed by atoms with E-state index in [0.717, 1.165) is 10.8 Å². The Balaban J connectivity index is 2.57. The van der Waals surface area contributed by atoms with E-state index >= 15 is 0 Å². The molecule has 1 aromatic carbocycles. The molecule has 0 N–H and O–H groups in total. The lowest BCUT2D eigenvalue weighted by Gasteiger charge is -2.04. The molecular weight excluding hydrogens is 279 g/mol. The maximum absolute atomic E-state index is 10.8. The van der Waals surface area contributed by atoms with E-state index in [1.165, 1.54) is 0 Å². The van der Waals surface area contributed by atoms with Gasteiger partial charge in [-0.05, 0) is 34.1 Å². The SMILES string of the molecule is O=Cc1cc(Cl)ccc1-n1cc(Br)cn1. The van der Waals surface area contributed by atoms with Gasteiger partial charge in [0.1, 0.15) is 0 Å². The van der Waals surface area contributed by atoms with Gasteiger partial charge in [0.15, 0.2) is 6.29 Å². The monoisotopic (exact) mass is 284 g/mol. The third-order valence-corrected chi connectivity index (χ3v) is 2.56. The Morgan fingerprint density at radius 3 is 2.87 bits per heavy atom. The van der Waals surface area contributed by atoms with Crippen molar-refractivity contribution in [2.75, 3.05) is 0 Å². The van der Waals surface area contributed by atoms with Crippen LogP contribution in [0.3, 0.4) is 0 Å². The minimum atomic E-state index is 0.512. The van der Waals surface area contributed by atoms with Crippen molar-refractivity contribution in [1.82, 2.24) is 9.78 Å². The molecule has 15 heavy (non-hydrogen) atoms. The molecule has 1 heterocycles. The Morgan fingerprint density at radius 2 is 2.27 bits per heavy atom. The molecular formula is C10H6BrClN2O. The quantitative estimate of drug-likeness (QED) is 0.795. The molecule has 2 rings (SSSR count). The standard InChI is InChI=1S/C10H6BrClN2O/c11-8-4-13-14(5-8)10-2-1-9(12)3-7(10)6-15/h1-6H. The molecule has 0 amide bonds. The molecule has 0 saturated heterocycles. The maximum atomic E-state index is 10.8. The number of hydrogen-bond acceptors (Lipinski definition) is 2. The lowest BCUT2D eigenvalue weighted by Crippen LogP contribution is -1.98. The topological polar surface area (TPSA) is 34.9 Å². The highest BCUT2D eigenvalue weighted by Gasteiger charge is 2.05. The molecule has 2 aromatic rings. The summed E-state index contributed by atoms with van der Waals surface area (Å²) in [6, 6.07) is 5.09. The summed E-state index contributed by atoms with van der Waals surface area (Å²) in [5.74, 6) is 0. The van der Waals surface area contributed by atoms with Crippen LogP contribution in [0.25, 0.3) is 5.69 Å². The number of nitrogens with zero attached hydrogens (tertiary/aromatic N) is 2. The summed E-state index contributed by atoms with van der Waals surface area (Å²) in [5, 5.41) is 4.63. The van der Waals surface area contributed by atoms with E-state index in [0.29, 0.717) is 16.3 Å². The van der Waals surface area contributed by atoms with Crippen LogP contribution in [0.2, 0.25) is 5.02 Å². The number of carbonyl (C=O) groups excluding carboxylic acids is 1. The largest absolute Gasteiger partial charge is 0.298 e. The first-order valence-electron chi connectivity index (χ1n) is 4.16. The number of aldehydes is 1. The van der Waals surface area contributed by atoms with Crippen molar-refractivity contribution in [1.29, 1.82) is 0 Å². The van der Waals surface area contributed by atoms with Crippen molar-refractivity contribution in [2.45, 2.75) is 0 Å². The van der Waals surface area contributed by atoms with Gasteiger partial charge in [-0.3, -0.25) is 4.79 Å². The number of hydrogen-bond donors (Lipinski definition) is 0. The minimum absolute atomic E-state index is 0.512. The van der Waals surface area contributed by atoms with Crippen molar-refractivity contribution >= 4 is 33.8 Å². The molecule has 0 bridgehead atoms. The molecule has 76 valence electrons. The van der Waals surface area contributed by atoms with E-state index in [1.807, 2.05) is 0 Å². The van der Waals surface area contributed by atoms with Gasteiger partial charge in [-0.2, -0.15) is 5.10 Å². The van der Waals surface area contributed by atoms with E-state index < -0.39 is 0 Å². The number of aromatic nitrogens is 2. The summed E-state index contributed by atoms with van der Waals surface area (Å²) in [5.41, 5.74) is 1.22. The lowest BCUT2D eigenvalue weighted by molar-refractivity contribution is 0.112. The zero-order valence-electron chi connectivity index (χ0n) is 7.52. The highest BCUT2D eigenvalue weighted by atomic mass is 79.9. The summed E-state index contributed by atoms with van der Waals surface area (Å²) >= 11 is 9.08. The van der Waals surface area contributed by atoms with Crippen LogP contribution in [-0.4, -0.2) is 16.1 Å². The second-order valence-corrected chi connectivity index (χ2v) is 4.28. The Morgan fingerprint density at radius 1 is 1.47 bits per heavy atom. The smallest absolute Gasteiger partial charge is 0.152 e. The Labute approximate surface area is 99.8 Å². The molecule has 1 aromatic heterocycles. The highest BCUT2D eigenvalue weighted by molar-refractivity contribution is 9.10. The number of carbonyl (C=O) groups is 1. The third-order valence-electron chi connectivity index (χ3n) is 1.91. The van der Waals surface area contributed by atoms with Gasteiger partial charge in [0.2, 0.25) is 0 Å². The average molecular weight is 286 g/mol. The molecule has 0 saturated carbocycles. The van der Waals surface area contributed by atoms with Crippen LogP contribution in [0.1, 0.15) is 10.4 Å². The van der Waals surface area contributed by atoms with Crippen LogP contribution in [-0.2, 0) is 0 Å². The molecule has 0 aliphatic rings. The van der Waals surface area contributed by atoms with Gasteiger partial charge in [0.05, 0.1) is 16.4 Å². The maximum Gasteiger partial charge on any atom is 0.152 e. The molecule has 5 heteroatoms. The van der Waals surface area contributed by atoms with Crippen molar-refractivity contribution in [3.05, 3.63) is 45.7 Å². The van der Waals surface area contributed by atoms with Crippen molar-refractivity contribution < 1.29 is 4.79 Å². The number of rotatable bonds is 2. The van der Waals surface area contributed by atoms with E-state index in [2.05, 4.69) is 21.0 Å². The van der Waals surface area contributed by atoms with Crippen molar-refractivity contribution in [3.63, 3.8) is 0 Å². The molecule has 3 nitrogen and oxygen atoms in total. The zero-order chi connectivity index (χ0) is 10.8. The molecule has 0 atom stereocenters. The summed E-state index contributed by atoms with van der Waals surface area (Å²) < 4.78 is 2.47. The molecule has 0 fully saturated rings. The van der Waals surface area contributed by atoms with Gasteiger partial charge in [-0.15, -0.1) is 0 Å². The first-order valence-corrected chi connectivity index (χ1v) is 5.33. The predicted octanol–water partition coefficient (Wildman–Crippen LogP) is 3.10. The van der Waals surface area contributed by atoms with E-state index in [-0.39, 0.29) is 0 Å². The predicted molar refractivity (Wildman–Crippen MR) is 61.7 cm³/mol. The summed E-state index contributed by atoms with van der Waals surface area (Å²) in [6.07, 6.45) is 4.19. The summed E-state index contributed by atoms with van der Waals surface area (Å²) in [7, 11) is 0. The van der Waals surface area contributed by atoms with Gasteiger partial charge in [0.25, 0.3) is 0 Å². The highest BCUT2D eigenvalue weighted by Crippen LogP contribution is 2.19. The molecule has 0 aliphatic carbocycles. The Hall–Kier alpha value is -1.13. The molecule has 0 spiro atoms. The fourth-order valence-electron chi connectivity index (χ4n) is 1.26. The first-order chi connectivity index (χ1) is 7.20. The number of halogens is 2. The number of benzene rings is 1. The molecule has 0 unspecified atom stereocenters. The molecule has 0 radical (unpaired) electrons. The zero-order valence-corrected chi connectivity index (χ0v) is 9.86. The Kier molecular flexibility index (Phi) is 2.88. The second kappa shape index (κ2) is 4.16. The second-order valence-electron chi connectivity index (χ2n) is 2.92. The minimum Gasteiger partial charge on any atom is -0.298 e. The van der Waals surface area contributed by atoms with Crippen LogP contribution >= 0.6 is 27.5 Å². The molecule has 0 aliphatic heterocycles.